The van der Waals surface area contributed by atoms with E-state index in [9.17, 15) is 24.3 Å². The second kappa shape index (κ2) is 14.4. The van der Waals surface area contributed by atoms with Crippen molar-refractivity contribution >= 4 is 23.8 Å². The van der Waals surface area contributed by atoms with Gasteiger partial charge in [-0.25, -0.2) is 9.78 Å². The van der Waals surface area contributed by atoms with Gasteiger partial charge < -0.3 is 29.4 Å². The Morgan fingerprint density at radius 3 is 2.32 bits per heavy atom. The van der Waals surface area contributed by atoms with E-state index in [-0.39, 0.29) is 24.7 Å². The molecule has 1 heterocycles. The molecule has 1 aromatic carbocycles. The number of carbonyl (C=O) groups is 4. The summed E-state index contributed by atoms with van der Waals surface area (Å²) >= 11 is 0. The minimum Gasteiger partial charge on any atom is -0.503 e. The maximum atomic E-state index is 12.8. The monoisotopic (exact) mass is 516 g/mol. The molecule has 2 rings (SSSR count). The largest absolute Gasteiger partial charge is 0.503 e. The lowest BCUT2D eigenvalue weighted by atomic mass is 10.1. The molecule has 2 N–H and O–H groups in total. The van der Waals surface area contributed by atoms with E-state index >= 15 is 0 Å². The van der Waals surface area contributed by atoms with Crippen molar-refractivity contribution in [2.24, 2.45) is 5.92 Å². The van der Waals surface area contributed by atoms with Gasteiger partial charge in [-0.05, 0) is 18.9 Å². The highest BCUT2D eigenvalue weighted by atomic mass is 16.6. The molecule has 2 aromatic rings. The number of aromatic nitrogens is 1. The van der Waals surface area contributed by atoms with E-state index < -0.39 is 54.0 Å². The van der Waals surface area contributed by atoms with Crippen LogP contribution in [-0.2, 0) is 35.0 Å². The quantitative estimate of drug-likeness (QED) is 0.299. The SMILES string of the molecule is COc1ccnc(C(=O)NC(COC(=O)CCc2ccccc2)C(=O)OC(C)COC(=O)C(C)C)c1O. The van der Waals surface area contributed by atoms with E-state index in [1.807, 2.05) is 30.3 Å². The number of hydrogen-bond acceptors (Lipinski definition) is 10. The zero-order valence-electron chi connectivity index (χ0n) is 21.3. The topological polar surface area (TPSA) is 150 Å². The summed E-state index contributed by atoms with van der Waals surface area (Å²) in [6.07, 6.45) is 0.891. The molecule has 0 fully saturated rings. The molecule has 11 heteroatoms. The van der Waals surface area contributed by atoms with E-state index in [4.69, 9.17) is 18.9 Å². The van der Waals surface area contributed by atoms with Gasteiger partial charge in [0.25, 0.3) is 5.91 Å². The first kappa shape index (κ1) is 29.1. The van der Waals surface area contributed by atoms with Gasteiger partial charge in [-0.1, -0.05) is 44.2 Å². The number of pyridine rings is 1. The number of carbonyl (C=O) groups excluding carboxylic acids is 4. The van der Waals surface area contributed by atoms with Crippen LogP contribution in [0.15, 0.2) is 42.6 Å². The first-order valence-corrected chi connectivity index (χ1v) is 11.7. The molecule has 0 spiro atoms. The number of esters is 3. The molecule has 0 aliphatic carbocycles. The number of nitrogens with one attached hydrogen (secondary N) is 1. The predicted molar refractivity (Wildman–Crippen MR) is 131 cm³/mol. The van der Waals surface area contributed by atoms with Crippen LogP contribution < -0.4 is 10.1 Å². The average Bonchev–Trinajstić information content (AvgIpc) is 2.88. The zero-order valence-corrected chi connectivity index (χ0v) is 21.3. The molecule has 0 saturated heterocycles. The zero-order chi connectivity index (χ0) is 27.4. The van der Waals surface area contributed by atoms with Gasteiger partial charge in [0.15, 0.2) is 23.2 Å². The first-order valence-electron chi connectivity index (χ1n) is 11.7. The Hall–Kier alpha value is -4.15. The summed E-state index contributed by atoms with van der Waals surface area (Å²) in [4.78, 5) is 53.4. The van der Waals surface area contributed by atoms with Crippen LogP contribution in [0.3, 0.4) is 0 Å². The summed E-state index contributed by atoms with van der Waals surface area (Å²) in [7, 11) is 1.30. The highest BCUT2D eigenvalue weighted by Gasteiger charge is 2.29. The van der Waals surface area contributed by atoms with Gasteiger partial charge in [-0.15, -0.1) is 0 Å². The number of nitrogens with zero attached hydrogens (tertiary/aromatic N) is 1. The molecular weight excluding hydrogens is 484 g/mol. The van der Waals surface area contributed by atoms with Gasteiger partial charge in [-0.3, -0.25) is 14.4 Å². The second-order valence-corrected chi connectivity index (χ2v) is 8.44. The van der Waals surface area contributed by atoms with E-state index in [1.165, 1.54) is 26.3 Å². The third-order valence-corrected chi connectivity index (χ3v) is 5.03. The molecule has 200 valence electrons. The fraction of sp³-hybridized carbons (Fsp3) is 0.423. The van der Waals surface area contributed by atoms with Crippen molar-refractivity contribution in [3.63, 3.8) is 0 Å². The van der Waals surface area contributed by atoms with E-state index in [0.29, 0.717) is 6.42 Å². The number of amides is 1. The normalized spacial score (nSPS) is 12.2. The summed E-state index contributed by atoms with van der Waals surface area (Å²) in [5.74, 6) is -3.77. The molecule has 0 radical (unpaired) electrons. The van der Waals surface area contributed by atoms with E-state index in [2.05, 4.69) is 10.3 Å². The lowest BCUT2D eigenvalue weighted by Gasteiger charge is -2.21. The number of benzene rings is 1. The summed E-state index contributed by atoms with van der Waals surface area (Å²) in [5, 5.41) is 12.6. The number of ether oxygens (including phenoxy) is 4. The van der Waals surface area contributed by atoms with Crippen molar-refractivity contribution in [2.75, 3.05) is 20.3 Å². The van der Waals surface area contributed by atoms with Crippen LogP contribution in [0.4, 0.5) is 0 Å². The number of methoxy groups -OCH3 is 1. The van der Waals surface area contributed by atoms with Gasteiger partial charge in [0.1, 0.15) is 19.3 Å². The van der Waals surface area contributed by atoms with Gasteiger partial charge in [0.05, 0.1) is 13.0 Å². The Morgan fingerprint density at radius 2 is 1.68 bits per heavy atom. The Kier molecular flexibility index (Phi) is 11.3. The lowest BCUT2D eigenvalue weighted by molar-refractivity contribution is -0.163. The summed E-state index contributed by atoms with van der Waals surface area (Å²) in [5.41, 5.74) is 0.541. The Labute approximate surface area is 215 Å². The van der Waals surface area contributed by atoms with Crippen LogP contribution in [0.2, 0.25) is 0 Å². The van der Waals surface area contributed by atoms with Crippen molar-refractivity contribution < 1.29 is 43.2 Å². The van der Waals surface area contributed by atoms with Gasteiger partial charge in [-0.2, -0.15) is 0 Å². The Bertz CT molecular complexity index is 1070. The van der Waals surface area contributed by atoms with E-state index in [0.717, 1.165) is 5.56 Å². The first-order chi connectivity index (χ1) is 17.6. The fourth-order valence-electron chi connectivity index (χ4n) is 2.98. The maximum Gasteiger partial charge on any atom is 0.332 e. The number of hydrogen-bond donors (Lipinski definition) is 2. The minimum atomic E-state index is -1.43. The molecule has 0 bridgehead atoms. The van der Waals surface area contributed by atoms with Gasteiger partial charge >= 0.3 is 17.9 Å². The molecule has 2 atom stereocenters. The van der Waals surface area contributed by atoms with Crippen LogP contribution in [0.1, 0.15) is 43.2 Å². The Balaban J connectivity index is 2.06. The molecule has 0 aliphatic heterocycles. The number of rotatable bonds is 13. The average molecular weight is 517 g/mol. The third-order valence-electron chi connectivity index (χ3n) is 5.03. The van der Waals surface area contributed by atoms with Crippen LogP contribution in [0.5, 0.6) is 11.5 Å². The van der Waals surface area contributed by atoms with E-state index in [1.54, 1.807) is 13.8 Å². The summed E-state index contributed by atoms with van der Waals surface area (Å²) in [6, 6.07) is 9.23. The van der Waals surface area contributed by atoms with Crippen LogP contribution >= 0.6 is 0 Å². The van der Waals surface area contributed by atoms with Crippen molar-refractivity contribution in [3.8, 4) is 11.5 Å². The number of aromatic hydroxyl groups is 1. The smallest absolute Gasteiger partial charge is 0.332 e. The Morgan fingerprint density at radius 1 is 0.973 bits per heavy atom. The molecule has 0 aliphatic rings. The fourth-order valence-corrected chi connectivity index (χ4v) is 2.98. The van der Waals surface area contributed by atoms with Crippen molar-refractivity contribution in [3.05, 3.63) is 53.9 Å². The predicted octanol–water partition coefficient (Wildman–Crippen LogP) is 2.20. The van der Waals surface area contributed by atoms with Crippen molar-refractivity contribution in [1.29, 1.82) is 0 Å². The van der Waals surface area contributed by atoms with Gasteiger partial charge in [0.2, 0.25) is 0 Å². The van der Waals surface area contributed by atoms with Gasteiger partial charge in [0, 0.05) is 18.7 Å². The van der Waals surface area contributed by atoms with Crippen molar-refractivity contribution in [1.82, 2.24) is 10.3 Å². The second-order valence-electron chi connectivity index (χ2n) is 8.44. The summed E-state index contributed by atoms with van der Waals surface area (Å²) in [6.45, 7) is 4.11. The maximum absolute atomic E-state index is 12.8. The molecule has 11 nitrogen and oxygen atoms in total. The molecule has 37 heavy (non-hydrogen) atoms. The minimum absolute atomic E-state index is 0.00667. The molecular formula is C26H32N2O9. The lowest BCUT2D eigenvalue weighted by Crippen LogP contribution is -2.46. The van der Waals surface area contributed by atoms with Crippen LogP contribution in [-0.4, -0.2) is 66.4 Å². The highest BCUT2D eigenvalue weighted by molar-refractivity contribution is 5.98. The summed E-state index contributed by atoms with van der Waals surface area (Å²) < 4.78 is 20.5. The molecule has 1 aromatic heterocycles. The molecule has 1 amide bonds. The molecule has 2 unspecified atom stereocenters. The highest BCUT2D eigenvalue weighted by Crippen LogP contribution is 2.27. The van der Waals surface area contributed by atoms with Crippen LogP contribution in [0, 0.1) is 5.92 Å². The molecule has 0 saturated carbocycles. The number of aryl methyl sites for hydroxylation is 1. The van der Waals surface area contributed by atoms with Crippen molar-refractivity contribution in [2.45, 2.75) is 45.8 Å². The third kappa shape index (κ3) is 9.43. The standard InChI is InChI=1S/C26H32N2O9/c1-16(2)25(32)36-14-17(3)37-26(33)19(15-35-21(29)11-10-18-8-6-5-7-9-18)28-24(31)22-23(30)20(34-4)12-13-27-22/h5-9,12-13,16-17,19,30H,10-11,14-15H2,1-4H3,(H,28,31). The van der Waals surface area contributed by atoms with Crippen LogP contribution in [0.25, 0.3) is 0 Å².